The second-order valence-electron chi connectivity index (χ2n) is 7.88. The van der Waals surface area contributed by atoms with Crippen molar-refractivity contribution in [2.75, 3.05) is 22.4 Å². The number of sulfonamides is 1. The monoisotopic (exact) mass is 433 g/mol. The highest BCUT2D eigenvalue weighted by Gasteiger charge is 2.26. The summed E-state index contributed by atoms with van der Waals surface area (Å²) < 4.78 is 27.5. The third-order valence-corrected chi connectivity index (χ3v) is 7.12. The van der Waals surface area contributed by atoms with Crippen molar-refractivity contribution in [3.8, 4) is 0 Å². The summed E-state index contributed by atoms with van der Waals surface area (Å²) in [6.45, 7) is 3.41. The minimum Gasteiger partial charge on any atom is -0.341 e. The summed E-state index contributed by atoms with van der Waals surface area (Å²) in [6.07, 6.45) is 1.81. The Morgan fingerprint density at radius 1 is 1.00 bits per heavy atom. The van der Waals surface area contributed by atoms with Crippen LogP contribution in [0.4, 0.5) is 11.4 Å². The number of carbonyl (C=O) groups excluding carboxylic acids is 1. The molecule has 3 aromatic carbocycles. The minimum atomic E-state index is -3.31. The Kier molecular flexibility index (Phi) is 4.51. The fraction of sp³-hybridized carbons (Fsp3) is 0.208. The first-order valence-corrected chi connectivity index (χ1v) is 12.1. The van der Waals surface area contributed by atoms with Crippen LogP contribution in [0.2, 0.25) is 0 Å². The van der Waals surface area contributed by atoms with E-state index in [1.54, 1.807) is 18.2 Å². The zero-order valence-corrected chi connectivity index (χ0v) is 18.2. The molecule has 6 nitrogen and oxygen atoms in total. The van der Waals surface area contributed by atoms with Crippen LogP contribution < -0.4 is 9.62 Å². The van der Waals surface area contributed by atoms with Crippen molar-refractivity contribution in [1.29, 1.82) is 0 Å². The van der Waals surface area contributed by atoms with Gasteiger partial charge in [-0.05, 0) is 61.4 Å². The predicted octanol–water partition coefficient (Wildman–Crippen LogP) is 4.39. The van der Waals surface area contributed by atoms with Crippen LogP contribution in [0.5, 0.6) is 0 Å². The number of aryl methyl sites for hydroxylation is 1. The molecule has 0 unspecified atom stereocenters. The van der Waals surface area contributed by atoms with Gasteiger partial charge >= 0.3 is 0 Å². The van der Waals surface area contributed by atoms with Gasteiger partial charge in [-0.25, -0.2) is 8.42 Å². The molecular formula is C24H23N3O3S. The van der Waals surface area contributed by atoms with E-state index in [1.165, 1.54) is 16.1 Å². The van der Waals surface area contributed by atoms with Crippen LogP contribution in [0.3, 0.4) is 0 Å². The van der Waals surface area contributed by atoms with Crippen molar-refractivity contribution >= 4 is 49.1 Å². The number of hydrogen-bond acceptors (Lipinski definition) is 3. The number of benzene rings is 3. The lowest BCUT2D eigenvalue weighted by molar-refractivity contribution is 0.102. The van der Waals surface area contributed by atoms with E-state index < -0.39 is 10.0 Å². The fourth-order valence-electron chi connectivity index (χ4n) is 4.53. The summed E-state index contributed by atoms with van der Waals surface area (Å²) in [5, 5.41) is 5.26. The molecule has 158 valence electrons. The number of rotatable bonds is 4. The molecule has 0 spiro atoms. The number of hydrogen-bond donors (Lipinski definition) is 1. The molecule has 1 N–H and O–H groups in total. The van der Waals surface area contributed by atoms with Crippen molar-refractivity contribution < 1.29 is 13.2 Å². The molecule has 1 aromatic heterocycles. The molecular weight excluding hydrogens is 410 g/mol. The smallest absolute Gasteiger partial charge is 0.255 e. The molecule has 2 heterocycles. The highest BCUT2D eigenvalue weighted by atomic mass is 32.2. The van der Waals surface area contributed by atoms with Crippen LogP contribution in [0.15, 0.2) is 60.7 Å². The summed E-state index contributed by atoms with van der Waals surface area (Å²) in [4.78, 5) is 12.9. The molecule has 1 aliphatic heterocycles. The van der Waals surface area contributed by atoms with Crippen molar-refractivity contribution in [2.45, 2.75) is 19.9 Å². The number of fused-ring (bicyclic) bond motifs is 4. The number of nitrogens with one attached hydrogen (secondary N) is 1. The van der Waals surface area contributed by atoms with E-state index in [9.17, 15) is 13.2 Å². The topological polar surface area (TPSA) is 71.4 Å². The van der Waals surface area contributed by atoms with Crippen molar-refractivity contribution in [3.05, 3.63) is 71.8 Å². The Labute approximate surface area is 181 Å². The normalized spacial score (nSPS) is 13.7. The molecule has 5 rings (SSSR count). The SMILES string of the molecule is CCn1c2ccccc2c2cc(NC(=O)c3ccc4c(c3)CCN4S(C)(=O)=O)ccc21. The van der Waals surface area contributed by atoms with Crippen LogP contribution in [0.1, 0.15) is 22.8 Å². The van der Waals surface area contributed by atoms with E-state index in [0.717, 1.165) is 34.1 Å². The number of carbonyl (C=O) groups is 1. The van der Waals surface area contributed by atoms with Gasteiger partial charge in [0.25, 0.3) is 5.91 Å². The van der Waals surface area contributed by atoms with Gasteiger partial charge in [-0.2, -0.15) is 0 Å². The Hall–Kier alpha value is -3.32. The molecule has 0 saturated carbocycles. The molecule has 0 radical (unpaired) electrons. The van der Waals surface area contributed by atoms with Crippen LogP contribution >= 0.6 is 0 Å². The largest absolute Gasteiger partial charge is 0.341 e. The standard InChI is InChI=1S/C24H23N3O3S/c1-3-26-22-7-5-4-6-19(22)20-15-18(9-11-23(20)26)25-24(28)17-8-10-21-16(14-17)12-13-27(21)31(2,29)30/h4-11,14-15H,3,12-13H2,1-2H3,(H,25,28). The summed E-state index contributed by atoms with van der Waals surface area (Å²) in [7, 11) is -3.31. The lowest BCUT2D eigenvalue weighted by Gasteiger charge is -2.16. The van der Waals surface area contributed by atoms with E-state index >= 15 is 0 Å². The van der Waals surface area contributed by atoms with Crippen LogP contribution in [-0.4, -0.2) is 31.7 Å². The number of anilines is 2. The zero-order chi connectivity index (χ0) is 21.8. The Bertz CT molecular complexity index is 1450. The molecule has 31 heavy (non-hydrogen) atoms. The van der Waals surface area contributed by atoms with Gasteiger partial charge in [0.05, 0.1) is 11.9 Å². The number of para-hydroxylation sites is 1. The first-order valence-electron chi connectivity index (χ1n) is 10.3. The maximum absolute atomic E-state index is 12.9. The van der Waals surface area contributed by atoms with Crippen molar-refractivity contribution in [1.82, 2.24) is 4.57 Å². The third-order valence-electron chi connectivity index (χ3n) is 5.94. The maximum atomic E-state index is 12.9. The lowest BCUT2D eigenvalue weighted by Crippen LogP contribution is -2.27. The van der Waals surface area contributed by atoms with Crippen LogP contribution in [0, 0.1) is 0 Å². The first-order chi connectivity index (χ1) is 14.9. The molecule has 1 amide bonds. The second kappa shape index (κ2) is 7.13. The maximum Gasteiger partial charge on any atom is 0.255 e. The number of aromatic nitrogens is 1. The van der Waals surface area contributed by atoms with Gasteiger partial charge in [-0.15, -0.1) is 0 Å². The minimum absolute atomic E-state index is 0.209. The molecule has 0 saturated heterocycles. The Balaban J connectivity index is 1.47. The summed E-state index contributed by atoms with van der Waals surface area (Å²) in [6, 6.07) is 19.4. The lowest BCUT2D eigenvalue weighted by atomic mass is 10.1. The van der Waals surface area contributed by atoms with Crippen LogP contribution in [-0.2, 0) is 23.0 Å². The van der Waals surface area contributed by atoms with Gasteiger partial charge in [0.2, 0.25) is 10.0 Å². The van der Waals surface area contributed by atoms with E-state index in [-0.39, 0.29) is 5.91 Å². The van der Waals surface area contributed by atoms with E-state index in [0.29, 0.717) is 24.2 Å². The van der Waals surface area contributed by atoms with Crippen molar-refractivity contribution in [2.24, 2.45) is 0 Å². The molecule has 0 fully saturated rings. The average Bonchev–Trinajstić information content (AvgIpc) is 3.32. The first kappa shape index (κ1) is 19.6. The third kappa shape index (κ3) is 3.25. The Morgan fingerprint density at radius 3 is 2.55 bits per heavy atom. The van der Waals surface area contributed by atoms with Gasteiger partial charge < -0.3 is 9.88 Å². The van der Waals surface area contributed by atoms with Crippen LogP contribution in [0.25, 0.3) is 21.8 Å². The van der Waals surface area contributed by atoms with Crippen molar-refractivity contribution in [3.63, 3.8) is 0 Å². The number of amides is 1. The molecule has 0 bridgehead atoms. The summed E-state index contributed by atoms with van der Waals surface area (Å²) >= 11 is 0. The Morgan fingerprint density at radius 2 is 1.77 bits per heavy atom. The molecule has 0 atom stereocenters. The van der Waals surface area contributed by atoms with Gasteiger partial charge in [-0.3, -0.25) is 9.10 Å². The van der Waals surface area contributed by atoms with Gasteiger partial charge in [-0.1, -0.05) is 18.2 Å². The summed E-state index contributed by atoms with van der Waals surface area (Å²) in [5.41, 5.74) is 5.10. The fourth-order valence-corrected chi connectivity index (χ4v) is 5.49. The van der Waals surface area contributed by atoms with E-state index in [2.05, 4.69) is 28.9 Å². The average molecular weight is 434 g/mol. The highest BCUT2D eigenvalue weighted by Crippen LogP contribution is 2.32. The van der Waals surface area contributed by atoms with E-state index in [4.69, 9.17) is 0 Å². The molecule has 4 aromatic rings. The molecule has 1 aliphatic rings. The van der Waals surface area contributed by atoms with Gasteiger partial charge in [0, 0.05) is 46.1 Å². The molecule has 7 heteroatoms. The second-order valence-corrected chi connectivity index (χ2v) is 9.78. The van der Waals surface area contributed by atoms with Gasteiger partial charge in [0.15, 0.2) is 0 Å². The van der Waals surface area contributed by atoms with E-state index in [1.807, 2.05) is 30.3 Å². The van der Waals surface area contributed by atoms with Gasteiger partial charge in [0.1, 0.15) is 0 Å². The zero-order valence-electron chi connectivity index (χ0n) is 17.4. The quantitative estimate of drug-likeness (QED) is 0.519. The summed E-state index contributed by atoms with van der Waals surface area (Å²) in [5.74, 6) is -0.209. The molecule has 0 aliphatic carbocycles. The highest BCUT2D eigenvalue weighted by molar-refractivity contribution is 7.92. The number of nitrogens with zero attached hydrogens (tertiary/aromatic N) is 2. The predicted molar refractivity (Wildman–Crippen MR) is 125 cm³/mol.